The zero-order valence-corrected chi connectivity index (χ0v) is 15.3. The van der Waals surface area contributed by atoms with Crippen LogP contribution in [0.2, 0.25) is 0 Å². The molecule has 3 heterocycles. The normalized spacial score (nSPS) is 29.2. The van der Waals surface area contributed by atoms with E-state index in [0.717, 1.165) is 23.9 Å². The summed E-state index contributed by atoms with van der Waals surface area (Å²) in [7, 11) is 0. The lowest BCUT2D eigenvalue weighted by molar-refractivity contribution is 0.0710. The van der Waals surface area contributed by atoms with Crippen molar-refractivity contribution in [1.29, 1.82) is 0 Å². The van der Waals surface area contributed by atoms with E-state index in [2.05, 4.69) is 51.7 Å². The average molecular weight is 377 g/mol. The predicted molar refractivity (Wildman–Crippen MR) is 91.3 cm³/mol. The van der Waals surface area contributed by atoms with Crippen molar-refractivity contribution in [3.63, 3.8) is 0 Å². The minimum absolute atomic E-state index is 0.0706. The Hall–Kier alpha value is -1.43. The Morgan fingerprint density at radius 1 is 1.30 bits per heavy atom. The number of hydrogen-bond acceptors (Lipinski definition) is 3. The number of aromatic nitrogens is 3. The van der Waals surface area contributed by atoms with E-state index < -0.39 is 0 Å². The number of rotatable bonds is 1. The SMILES string of the molecule is CC1(C)C[C@H]2C[C@@](C)(CN2C(=O)c2cnn3cc(Br)cnc23)C1. The molecule has 2 atom stereocenters. The van der Waals surface area contributed by atoms with Gasteiger partial charge in [-0.25, -0.2) is 9.50 Å². The first-order valence-electron chi connectivity index (χ1n) is 8.06. The van der Waals surface area contributed by atoms with Gasteiger partial charge in [-0.05, 0) is 46.0 Å². The lowest BCUT2D eigenvalue weighted by Crippen LogP contribution is -2.37. The maximum absolute atomic E-state index is 13.1. The summed E-state index contributed by atoms with van der Waals surface area (Å²) in [6.45, 7) is 7.80. The van der Waals surface area contributed by atoms with E-state index in [-0.39, 0.29) is 11.3 Å². The second-order valence-electron chi connectivity index (χ2n) is 8.25. The van der Waals surface area contributed by atoms with Crippen LogP contribution in [-0.2, 0) is 0 Å². The minimum atomic E-state index is 0.0706. The average Bonchev–Trinajstić information content (AvgIpc) is 2.95. The van der Waals surface area contributed by atoms with Gasteiger partial charge in [0.25, 0.3) is 5.91 Å². The van der Waals surface area contributed by atoms with E-state index in [4.69, 9.17) is 0 Å². The smallest absolute Gasteiger partial charge is 0.259 e. The standard InChI is InChI=1S/C17H21BrN4O/c1-16(2)4-12-5-17(3,9-16)10-21(12)15(23)13-7-20-22-8-11(18)6-19-14(13)22/h6-8,12H,4-5,9-10H2,1-3H3/t12-,17+/m0/s1. The van der Waals surface area contributed by atoms with Gasteiger partial charge in [0.15, 0.2) is 5.65 Å². The zero-order valence-electron chi connectivity index (χ0n) is 13.7. The van der Waals surface area contributed by atoms with Gasteiger partial charge >= 0.3 is 0 Å². The number of carbonyl (C=O) groups excluding carboxylic acids is 1. The van der Waals surface area contributed by atoms with Crippen LogP contribution >= 0.6 is 15.9 Å². The Kier molecular flexibility index (Phi) is 3.15. The summed E-state index contributed by atoms with van der Waals surface area (Å²) in [5.41, 5.74) is 1.77. The van der Waals surface area contributed by atoms with Crippen molar-refractivity contribution in [2.24, 2.45) is 10.8 Å². The largest absolute Gasteiger partial charge is 0.335 e. The van der Waals surface area contributed by atoms with Crippen LogP contribution in [0.4, 0.5) is 0 Å². The molecule has 0 unspecified atom stereocenters. The summed E-state index contributed by atoms with van der Waals surface area (Å²) < 4.78 is 2.50. The number of nitrogens with zero attached hydrogens (tertiary/aromatic N) is 4. The van der Waals surface area contributed by atoms with Gasteiger partial charge in [0.1, 0.15) is 5.56 Å². The van der Waals surface area contributed by atoms with Crippen molar-refractivity contribution in [3.8, 4) is 0 Å². The molecule has 1 aliphatic carbocycles. The van der Waals surface area contributed by atoms with Crippen LogP contribution in [0, 0.1) is 10.8 Å². The Labute approximate surface area is 144 Å². The van der Waals surface area contributed by atoms with Crippen molar-refractivity contribution in [2.45, 2.75) is 46.1 Å². The molecule has 2 aliphatic rings. The molecule has 6 heteroatoms. The molecule has 23 heavy (non-hydrogen) atoms. The van der Waals surface area contributed by atoms with Crippen LogP contribution in [0.3, 0.4) is 0 Å². The maximum Gasteiger partial charge on any atom is 0.259 e. The number of carbonyl (C=O) groups is 1. The van der Waals surface area contributed by atoms with E-state index in [9.17, 15) is 4.79 Å². The monoisotopic (exact) mass is 376 g/mol. The molecule has 4 rings (SSSR count). The van der Waals surface area contributed by atoms with Gasteiger partial charge < -0.3 is 4.90 Å². The molecule has 2 aromatic rings. The highest BCUT2D eigenvalue weighted by molar-refractivity contribution is 9.10. The summed E-state index contributed by atoms with van der Waals surface area (Å²) in [4.78, 5) is 19.6. The highest BCUT2D eigenvalue weighted by Crippen LogP contribution is 2.52. The second kappa shape index (κ2) is 4.79. The highest BCUT2D eigenvalue weighted by atomic mass is 79.9. The van der Waals surface area contributed by atoms with Gasteiger partial charge in [-0.15, -0.1) is 0 Å². The van der Waals surface area contributed by atoms with Crippen LogP contribution < -0.4 is 0 Å². The van der Waals surface area contributed by atoms with E-state index in [0.29, 0.717) is 22.7 Å². The minimum Gasteiger partial charge on any atom is -0.335 e. The molecule has 1 saturated carbocycles. The van der Waals surface area contributed by atoms with Crippen molar-refractivity contribution >= 4 is 27.5 Å². The molecule has 2 bridgehead atoms. The third-order valence-electron chi connectivity index (χ3n) is 5.23. The number of halogens is 1. The Balaban J connectivity index is 1.69. The van der Waals surface area contributed by atoms with Gasteiger partial charge in [-0.2, -0.15) is 5.10 Å². The molecule has 1 aliphatic heterocycles. The third-order valence-corrected chi connectivity index (χ3v) is 5.64. The topological polar surface area (TPSA) is 50.5 Å². The fraction of sp³-hybridized carbons (Fsp3) is 0.588. The van der Waals surface area contributed by atoms with Crippen LogP contribution in [-0.4, -0.2) is 38.0 Å². The molecule has 2 fully saturated rings. The van der Waals surface area contributed by atoms with Crippen molar-refractivity contribution in [3.05, 3.63) is 28.6 Å². The fourth-order valence-corrected chi connectivity index (χ4v) is 5.15. The van der Waals surface area contributed by atoms with Gasteiger partial charge in [0, 0.05) is 25.0 Å². The van der Waals surface area contributed by atoms with Crippen molar-refractivity contribution in [2.75, 3.05) is 6.54 Å². The summed E-state index contributed by atoms with van der Waals surface area (Å²) in [5.74, 6) is 0.0706. The Morgan fingerprint density at radius 2 is 2.09 bits per heavy atom. The lowest BCUT2D eigenvalue weighted by atomic mass is 9.65. The van der Waals surface area contributed by atoms with Gasteiger partial charge in [-0.1, -0.05) is 20.8 Å². The highest BCUT2D eigenvalue weighted by Gasteiger charge is 2.51. The molecule has 122 valence electrons. The first-order chi connectivity index (χ1) is 10.8. The van der Waals surface area contributed by atoms with E-state index in [1.54, 1.807) is 16.9 Å². The van der Waals surface area contributed by atoms with E-state index >= 15 is 0 Å². The van der Waals surface area contributed by atoms with Crippen molar-refractivity contribution < 1.29 is 4.79 Å². The molecule has 0 spiro atoms. The molecule has 2 aromatic heterocycles. The number of hydrogen-bond donors (Lipinski definition) is 0. The third kappa shape index (κ3) is 2.47. The first-order valence-corrected chi connectivity index (χ1v) is 8.86. The number of amides is 1. The molecule has 0 radical (unpaired) electrons. The van der Waals surface area contributed by atoms with Crippen LogP contribution in [0.5, 0.6) is 0 Å². The maximum atomic E-state index is 13.1. The number of fused-ring (bicyclic) bond motifs is 3. The van der Waals surface area contributed by atoms with E-state index in [1.165, 1.54) is 6.42 Å². The Morgan fingerprint density at radius 3 is 2.87 bits per heavy atom. The van der Waals surface area contributed by atoms with Crippen LogP contribution in [0.1, 0.15) is 50.4 Å². The molecule has 0 aromatic carbocycles. The predicted octanol–water partition coefficient (Wildman–Crippen LogP) is 3.53. The molecule has 5 nitrogen and oxygen atoms in total. The molecule has 1 amide bonds. The fourth-order valence-electron chi connectivity index (χ4n) is 4.85. The Bertz CT molecular complexity index is 799. The van der Waals surface area contributed by atoms with Gasteiger partial charge in [0.05, 0.1) is 10.7 Å². The lowest BCUT2D eigenvalue weighted by Gasteiger charge is -2.39. The number of likely N-dealkylation sites (tertiary alicyclic amines) is 1. The zero-order chi connectivity index (χ0) is 16.4. The summed E-state index contributed by atoms with van der Waals surface area (Å²) in [5, 5.41) is 4.28. The summed E-state index contributed by atoms with van der Waals surface area (Å²) >= 11 is 3.38. The summed E-state index contributed by atoms with van der Waals surface area (Å²) in [6, 6.07) is 0.335. The molecular formula is C17H21BrN4O. The van der Waals surface area contributed by atoms with Crippen LogP contribution in [0.25, 0.3) is 5.65 Å². The van der Waals surface area contributed by atoms with E-state index in [1.807, 2.05) is 6.20 Å². The second-order valence-corrected chi connectivity index (χ2v) is 9.16. The molecule has 1 saturated heterocycles. The van der Waals surface area contributed by atoms with Gasteiger partial charge in [-0.3, -0.25) is 4.79 Å². The van der Waals surface area contributed by atoms with Crippen molar-refractivity contribution in [1.82, 2.24) is 19.5 Å². The quantitative estimate of drug-likeness (QED) is 0.764. The first kappa shape index (κ1) is 15.1. The van der Waals surface area contributed by atoms with Crippen LogP contribution in [0.15, 0.2) is 23.1 Å². The molecular weight excluding hydrogens is 356 g/mol. The molecule has 0 N–H and O–H groups in total. The van der Waals surface area contributed by atoms with Gasteiger partial charge in [0.2, 0.25) is 0 Å². The summed E-state index contributed by atoms with van der Waals surface area (Å²) in [6.07, 6.45) is 8.55.